The summed E-state index contributed by atoms with van der Waals surface area (Å²) in [5.74, 6) is -0.465. The molecule has 0 aliphatic carbocycles. The Bertz CT molecular complexity index is 976. The summed E-state index contributed by atoms with van der Waals surface area (Å²) in [5, 5.41) is 7.44. The lowest BCUT2D eigenvalue weighted by molar-refractivity contribution is 0.0531. The van der Waals surface area contributed by atoms with Crippen LogP contribution in [-0.2, 0) is 4.74 Å². The first-order valence-corrected chi connectivity index (χ1v) is 8.50. The molecule has 1 N–H and O–H groups in total. The number of carbonyl (C=O) groups excluding carboxylic acids is 2. The average Bonchev–Trinajstić information content (AvgIpc) is 3.11. The highest BCUT2D eigenvalue weighted by Gasteiger charge is 2.19. The van der Waals surface area contributed by atoms with Crippen LogP contribution in [0, 0.1) is 20.8 Å². The summed E-state index contributed by atoms with van der Waals surface area (Å²) in [7, 11) is 0. The third kappa shape index (κ3) is 3.36. The fourth-order valence-electron chi connectivity index (χ4n) is 2.37. The first kappa shape index (κ1) is 17.0. The van der Waals surface area contributed by atoms with E-state index in [9.17, 15) is 9.59 Å². The summed E-state index contributed by atoms with van der Waals surface area (Å²) >= 11 is 1.16. The van der Waals surface area contributed by atoms with E-state index >= 15 is 0 Å². The molecule has 9 heteroatoms. The predicted octanol–water partition coefficient (Wildman–Crippen LogP) is 2.54. The molecule has 8 nitrogen and oxygen atoms in total. The standard InChI is InChI=1S/C16H17N5O3S/c1-5-24-15(23)12-8(2)6-11(25-12)18-14(22)13-19-16-17-9(3)7-10(4)21(16)20-13/h6-7H,5H2,1-4H3,(H,18,22). The number of amides is 1. The van der Waals surface area contributed by atoms with Crippen molar-refractivity contribution in [1.82, 2.24) is 19.6 Å². The van der Waals surface area contributed by atoms with Crippen LogP contribution in [-0.4, -0.2) is 38.1 Å². The number of fused-ring (bicyclic) bond motifs is 1. The monoisotopic (exact) mass is 359 g/mol. The van der Waals surface area contributed by atoms with Gasteiger partial charge in [0.1, 0.15) is 4.88 Å². The molecule has 0 radical (unpaired) electrons. The van der Waals surface area contributed by atoms with E-state index in [0.717, 1.165) is 28.3 Å². The van der Waals surface area contributed by atoms with E-state index < -0.39 is 11.9 Å². The number of ether oxygens (including phenoxy) is 1. The number of hydrogen-bond acceptors (Lipinski definition) is 7. The number of thiophene rings is 1. The Morgan fingerprint density at radius 3 is 2.72 bits per heavy atom. The number of rotatable bonds is 4. The van der Waals surface area contributed by atoms with Gasteiger partial charge in [0.15, 0.2) is 0 Å². The van der Waals surface area contributed by atoms with Crippen LogP contribution in [0.5, 0.6) is 0 Å². The normalized spacial score (nSPS) is 10.9. The average molecular weight is 359 g/mol. The van der Waals surface area contributed by atoms with Gasteiger partial charge in [-0.3, -0.25) is 4.79 Å². The van der Waals surface area contributed by atoms with E-state index in [1.165, 1.54) is 4.52 Å². The second kappa shape index (κ2) is 6.60. The quantitative estimate of drug-likeness (QED) is 0.719. The van der Waals surface area contributed by atoms with Crippen LogP contribution in [0.3, 0.4) is 0 Å². The van der Waals surface area contributed by atoms with Crippen molar-refractivity contribution < 1.29 is 14.3 Å². The molecule has 0 saturated carbocycles. The van der Waals surface area contributed by atoms with Gasteiger partial charge in [0.25, 0.3) is 11.7 Å². The molecular weight excluding hydrogens is 342 g/mol. The second-order valence-corrected chi connectivity index (χ2v) is 6.54. The smallest absolute Gasteiger partial charge is 0.348 e. The third-order valence-electron chi connectivity index (χ3n) is 3.44. The van der Waals surface area contributed by atoms with Crippen molar-refractivity contribution in [1.29, 1.82) is 0 Å². The van der Waals surface area contributed by atoms with Gasteiger partial charge in [-0.2, -0.15) is 4.98 Å². The van der Waals surface area contributed by atoms with Crippen molar-refractivity contribution in [3.8, 4) is 0 Å². The number of anilines is 1. The Balaban J connectivity index is 1.84. The molecular formula is C16H17N5O3S. The van der Waals surface area contributed by atoms with Gasteiger partial charge in [-0.15, -0.1) is 16.4 Å². The predicted molar refractivity (Wildman–Crippen MR) is 93.2 cm³/mol. The number of nitrogens with zero attached hydrogens (tertiary/aromatic N) is 4. The van der Waals surface area contributed by atoms with Gasteiger partial charge in [0.05, 0.1) is 11.6 Å². The zero-order valence-electron chi connectivity index (χ0n) is 14.3. The molecule has 0 aliphatic heterocycles. The lowest BCUT2D eigenvalue weighted by atomic mass is 10.3. The minimum absolute atomic E-state index is 0.0185. The van der Waals surface area contributed by atoms with Gasteiger partial charge < -0.3 is 10.1 Å². The maximum atomic E-state index is 12.4. The Morgan fingerprint density at radius 1 is 1.24 bits per heavy atom. The van der Waals surface area contributed by atoms with Crippen molar-refractivity contribution >= 4 is 34.0 Å². The molecule has 3 aromatic rings. The number of carbonyl (C=O) groups is 2. The van der Waals surface area contributed by atoms with E-state index in [4.69, 9.17) is 4.74 Å². The summed E-state index contributed by atoms with van der Waals surface area (Å²) < 4.78 is 6.52. The molecule has 0 atom stereocenters. The zero-order chi connectivity index (χ0) is 18.1. The fraction of sp³-hybridized carbons (Fsp3) is 0.312. The molecule has 0 fully saturated rings. The molecule has 0 aromatic carbocycles. The zero-order valence-corrected chi connectivity index (χ0v) is 15.1. The molecule has 0 bridgehead atoms. The Labute approximate surface area is 147 Å². The van der Waals surface area contributed by atoms with E-state index in [2.05, 4.69) is 20.4 Å². The van der Waals surface area contributed by atoms with E-state index in [-0.39, 0.29) is 5.82 Å². The molecule has 130 valence electrons. The van der Waals surface area contributed by atoms with Crippen LogP contribution in [0.4, 0.5) is 5.00 Å². The molecule has 3 aromatic heterocycles. The van der Waals surface area contributed by atoms with Crippen molar-refractivity contribution in [2.45, 2.75) is 27.7 Å². The van der Waals surface area contributed by atoms with Crippen LogP contribution in [0.2, 0.25) is 0 Å². The molecule has 0 aliphatic rings. The molecule has 0 saturated heterocycles. The fourth-order valence-corrected chi connectivity index (χ4v) is 3.33. The Morgan fingerprint density at radius 2 is 2.00 bits per heavy atom. The van der Waals surface area contributed by atoms with Crippen molar-refractivity contribution in [2.24, 2.45) is 0 Å². The highest BCUT2D eigenvalue weighted by molar-refractivity contribution is 7.18. The maximum absolute atomic E-state index is 12.4. The molecule has 3 rings (SSSR count). The third-order valence-corrected chi connectivity index (χ3v) is 4.57. The highest BCUT2D eigenvalue weighted by atomic mass is 32.1. The van der Waals surface area contributed by atoms with E-state index in [1.54, 1.807) is 19.9 Å². The van der Waals surface area contributed by atoms with Gasteiger partial charge >= 0.3 is 5.97 Å². The Hall–Kier alpha value is -2.81. The maximum Gasteiger partial charge on any atom is 0.348 e. The van der Waals surface area contributed by atoms with Gasteiger partial charge in [-0.25, -0.2) is 14.3 Å². The Kier molecular flexibility index (Phi) is 4.49. The number of esters is 1. The van der Waals surface area contributed by atoms with Crippen LogP contribution in [0.15, 0.2) is 12.1 Å². The second-order valence-electron chi connectivity index (χ2n) is 5.48. The summed E-state index contributed by atoms with van der Waals surface area (Å²) in [5.41, 5.74) is 2.39. The SMILES string of the molecule is CCOC(=O)c1sc(NC(=O)c2nc3nc(C)cc(C)n3n2)cc1C. The minimum Gasteiger partial charge on any atom is -0.462 e. The summed E-state index contributed by atoms with van der Waals surface area (Å²) in [6.45, 7) is 7.56. The van der Waals surface area contributed by atoms with Gasteiger partial charge in [-0.1, -0.05) is 0 Å². The summed E-state index contributed by atoms with van der Waals surface area (Å²) in [6, 6.07) is 3.58. The van der Waals surface area contributed by atoms with Crippen LogP contribution < -0.4 is 5.32 Å². The number of hydrogen-bond donors (Lipinski definition) is 1. The molecule has 0 spiro atoms. The summed E-state index contributed by atoms with van der Waals surface area (Å²) in [6.07, 6.45) is 0. The van der Waals surface area contributed by atoms with Gasteiger partial charge in [0.2, 0.25) is 5.82 Å². The lowest BCUT2D eigenvalue weighted by Crippen LogP contribution is -2.13. The number of aromatic nitrogens is 4. The first-order valence-electron chi connectivity index (χ1n) is 7.69. The topological polar surface area (TPSA) is 98.5 Å². The van der Waals surface area contributed by atoms with Gasteiger partial charge in [-0.05, 0) is 45.4 Å². The van der Waals surface area contributed by atoms with Crippen molar-refractivity contribution in [3.05, 3.63) is 39.8 Å². The van der Waals surface area contributed by atoms with E-state index in [1.807, 2.05) is 19.9 Å². The highest BCUT2D eigenvalue weighted by Crippen LogP contribution is 2.27. The van der Waals surface area contributed by atoms with Crippen LogP contribution in [0.1, 0.15) is 44.2 Å². The van der Waals surface area contributed by atoms with E-state index in [0.29, 0.717) is 22.3 Å². The number of aryl methyl sites for hydroxylation is 3. The van der Waals surface area contributed by atoms with Crippen molar-refractivity contribution in [3.63, 3.8) is 0 Å². The molecule has 25 heavy (non-hydrogen) atoms. The first-order chi connectivity index (χ1) is 11.9. The summed E-state index contributed by atoms with van der Waals surface area (Å²) in [4.78, 5) is 33.2. The van der Waals surface area contributed by atoms with Crippen LogP contribution in [0.25, 0.3) is 5.78 Å². The molecule has 0 unspecified atom stereocenters. The number of nitrogens with one attached hydrogen (secondary N) is 1. The molecule has 1 amide bonds. The lowest BCUT2D eigenvalue weighted by Gasteiger charge is -1.99. The van der Waals surface area contributed by atoms with Crippen molar-refractivity contribution in [2.75, 3.05) is 11.9 Å². The van der Waals surface area contributed by atoms with Crippen LogP contribution >= 0.6 is 11.3 Å². The molecule has 3 heterocycles. The van der Waals surface area contributed by atoms with Gasteiger partial charge in [0, 0.05) is 11.4 Å². The largest absolute Gasteiger partial charge is 0.462 e. The minimum atomic E-state index is -0.459.